The summed E-state index contributed by atoms with van der Waals surface area (Å²) in [7, 11) is 0. The maximum absolute atomic E-state index is 13.5. The van der Waals surface area contributed by atoms with Crippen molar-refractivity contribution in [2.45, 2.75) is 25.6 Å². The van der Waals surface area contributed by atoms with Gasteiger partial charge in [0, 0.05) is 37.5 Å². The van der Waals surface area contributed by atoms with Crippen LogP contribution in [0.25, 0.3) is 11.3 Å². The molecule has 0 bridgehead atoms. The summed E-state index contributed by atoms with van der Waals surface area (Å²) in [4.78, 5) is 20.2. The molecule has 0 saturated carbocycles. The molecule has 28 heavy (non-hydrogen) atoms. The first-order valence-corrected chi connectivity index (χ1v) is 9.01. The molecular formula is C17H20F3N7O. The third-order valence-electron chi connectivity index (χ3n) is 4.86. The molecular weight excluding hydrogens is 375 g/mol. The van der Waals surface area contributed by atoms with E-state index in [1.54, 1.807) is 6.07 Å². The molecule has 11 heteroatoms. The number of hydrogen-bond acceptors (Lipinski definition) is 8. The maximum atomic E-state index is 13.5. The molecule has 0 amide bonds. The monoisotopic (exact) mass is 395 g/mol. The highest BCUT2D eigenvalue weighted by Crippen LogP contribution is 2.37. The summed E-state index contributed by atoms with van der Waals surface area (Å²) >= 11 is 0. The standard InChI is InChI=1S/C17H20F3N7O/c1-10-9-28-6-5-27(10)16-23-12(7-13(24-16)26-3-2-4-26)11-8-22-15(21)25-14(11)17(18,19)20/h7-8,10H,2-6,9H2,1H3,(H2,21,22,25)/t10-/m0/s1. The third kappa shape index (κ3) is 3.53. The van der Waals surface area contributed by atoms with Crippen LogP contribution >= 0.6 is 0 Å². The van der Waals surface area contributed by atoms with Crippen molar-refractivity contribution >= 4 is 17.7 Å². The molecule has 0 radical (unpaired) electrons. The molecule has 150 valence electrons. The number of anilines is 3. The Morgan fingerprint density at radius 3 is 2.61 bits per heavy atom. The van der Waals surface area contributed by atoms with Gasteiger partial charge in [-0.3, -0.25) is 0 Å². The van der Waals surface area contributed by atoms with Gasteiger partial charge < -0.3 is 20.3 Å². The number of halogens is 3. The van der Waals surface area contributed by atoms with Crippen LogP contribution in [0, 0.1) is 0 Å². The predicted octanol–water partition coefficient (Wildman–Crippen LogP) is 1.97. The number of ether oxygens (including phenoxy) is 1. The summed E-state index contributed by atoms with van der Waals surface area (Å²) in [5, 5.41) is 0. The van der Waals surface area contributed by atoms with Gasteiger partial charge in [0.15, 0.2) is 5.69 Å². The second-order valence-corrected chi connectivity index (χ2v) is 6.86. The van der Waals surface area contributed by atoms with Gasteiger partial charge in [0.2, 0.25) is 11.9 Å². The zero-order chi connectivity index (χ0) is 19.9. The van der Waals surface area contributed by atoms with Crippen LogP contribution < -0.4 is 15.5 Å². The Morgan fingerprint density at radius 2 is 1.96 bits per heavy atom. The molecule has 0 unspecified atom stereocenters. The van der Waals surface area contributed by atoms with Gasteiger partial charge in [0.25, 0.3) is 0 Å². The highest BCUT2D eigenvalue weighted by molar-refractivity contribution is 5.68. The van der Waals surface area contributed by atoms with E-state index in [0.29, 0.717) is 31.5 Å². The Kier molecular flexibility index (Phi) is 4.69. The fourth-order valence-corrected chi connectivity index (χ4v) is 3.22. The van der Waals surface area contributed by atoms with Crippen LogP contribution in [0.5, 0.6) is 0 Å². The molecule has 2 saturated heterocycles. The van der Waals surface area contributed by atoms with Crippen molar-refractivity contribution in [3.05, 3.63) is 18.0 Å². The molecule has 2 fully saturated rings. The quantitative estimate of drug-likeness (QED) is 0.843. The minimum absolute atomic E-state index is 0.0120. The fraction of sp³-hybridized carbons (Fsp3) is 0.529. The molecule has 0 aliphatic carbocycles. The average molecular weight is 395 g/mol. The minimum atomic E-state index is -4.68. The van der Waals surface area contributed by atoms with Crippen LogP contribution in [0.2, 0.25) is 0 Å². The van der Waals surface area contributed by atoms with Gasteiger partial charge in [-0.25, -0.2) is 15.0 Å². The zero-order valence-corrected chi connectivity index (χ0v) is 15.3. The van der Waals surface area contributed by atoms with Gasteiger partial charge >= 0.3 is 6.18 Å². The third-order valence-corrected chi connectivity index (χ3v) is 4.86. The van der Waals surface area contributed by atoms with Crippen LogP contribution in [0.1, 0.15) is 19.0 Å². The highest BCUT2D eigenvalue weighted by Gasteiger charge is 2.37. The van der Waals surface area contributed by atoms with Crippen LogP contribution in [0.4, 0.5) is 30.9 Å². The lowest BCUT2D eigenvalue weighted by Crippen LogP contribution is -2.45. The van der Waals surface area contributed by atoms with Crippen LogP contribution in [-0.4, -0.2) is 58.8 Å². The van der Waals surface area contributed by atoms with Crippen molar-refractivity contribution in [1.82, 2.24) is 19.9 Å². The van der Waals surface area contributed by atoms with E-state index in [0.717, 1.165) is 25.7 Å². The Bertz CT molecular complexity index is 872. The SMILES string of the molecule is C[C@H]1COCCN1c1nc(-c2cnc(N)nc2C(F)(F)F)cc(N2CCC2)n1. The fourth-order valence-electron chi connectivity index (χ4n) is 3.22. The first-order chi connectivity index (χ1) is 13.3. The van der Waals surface area contributed by atoms with Gasteiger partial charge in [-0.1, -0.05) is 0 Å². The van der Waals surface area contributed by atoms with Gasteiger partial charge in [-0.2, -0.15) is 18.2 Å². The van der Waals surface area contributed by atoms with Gasteiger partial charge in [0.05, 0.1) is 24.9 Å². The van der Waals surface area contributed by atoms with Crippen molar-refractivity contribution in [2.24, 2.45) is 0 Å². The van der Waals surface area contributed by atoms with Crippen molar-refractivity contribution in [2.75, 3.05) is 48.4 Å². The molecule has 2 aliphatic rings. The molecule has 1 atom stereocenters. The second kappa shape index (κ2) is 7.04. The summed E-state index contributed by atoms with van der Waals surface area (Å²) in [5.41, 5.74) is 4.20. The van der Waals surface area contributed by atoms with Crippen LogP contribution in [0.3, 0.4) is 0 Å². The molecule has 0 aromatic carbocycles. The lowest BCUT2D eigenvalue weighted by molar-refractivity contribution is -0.140. The van der Waals surface area contributed by atoms with Gasteiger partial charge in [-0.05, 0) is 13.3 Å². The Morgan fingerprint density at radius 1 is 1.18 bits per heavy atom. The molecule has 2 aromatic rings. The van der Waals surface area contributed by atoms with E-state index in [4.69, 9.17) is 10.5 Å². The Labute approximate surface area is 159 Å². The topological polar surface area (TPSA) is 93.3 Å². The first kappa shape index (κ1) is 18.7. The van der Waals surface area contributed by atoms with Crippen molar-refractivity contribution in [1.29, 1.82) is 0 Å². The van der Waals surface area contributed by atoms with E-state index in [2.05, 4.69) is 19.9 Å². The summed E-state index contributed by atoms with van der Waals surface area (Å²) in [6.07, 6.45) is -2.60. The number of alkyl halides is 3. The van der Waals surface area contributed by atoms with E-state index >= 15 is 0 Å². The number of nitrogens with two attached hydrogens (primary N) is 1. The first-order valence-electron chi connectivity index (χ1n) is 9.01. The number of hydrogen-bond donors (Lipinski definition) is 1. The summed E-state index contributed by atoms with van der Waals surface area (Å²) in [6, 6.07) is 1.57. The maximum Gasteiger partial charge on any atom is 0.434 e. The zero-order valence-electron chi connectivity index (χ0n) is 15.3. The number of nitrogens with zero attached hydrogens (tertiary/aromatic N) is 6. The second-order valence-electron chi connectivity index (χ2n) is 6.86. The summed E-state index contributed by atoms with van der Waals surface area (Å²) in [6.45, 7) is 5.15. The predicted molar refractivity (Wildman–Crippen MR) is 96.9 cm³/mol. The average Bonchev–Trinajstić information content (AvgIpc) is 2.59. The molecule has 8 nitrogen and oxygen atoms in total. The minimum Gasteiger partial charge on any atom is -0.377 e. The lowest BCUT2D eigenvalue weighted by atomic mass is 10.1. The van der Waals surface area contributed by atoms with E-state index in [1.165, 1.54) is 0 Å². The molecule has 2 aromatic heterocycles. The van der Waals surface area contributed by atoms with E-state index in [-0.39, 0.29) is 17.3 Å². The molecule has 0 spiro atoms. The van der Waals surface area contributed by atoms with Gasteiger partial charge in [0.1, 0.15) is 5.82 Å². The molecule has 2 N–H and O–H groups in total. The normalized spacial score (nSPS) is 20.2. The molecule has 2 aliphatic heterocycles. The van der Waals surface area contributed by atoms with E-state index < -0.39 is 17.8 Å². The molecule has 4 rings (SSSR count). The lowest BCUT2D eigenvalue weighted by Gasteiger charge is -2.36. The van der Waals surface area contributed by atoms with E-state index in [9.17, 15) is 13.2 Å². The summed E-state index contributed by atoms with van der Waals surface area (Å²) in [5.74, 6) is 0.533. The number of aromatic nitrogens is 4. The van der Waals surface area contributed by atoms with Crippen LogP contribution in [-0.2, 0) is 10.9 Å². The van der Waals surface area contributed by atoms with E-state index in [1.807, 2.05) is 16.7 Å². The van der Waals surface area contributed by atoms with Gasteiger partial charge in [-0.15, -0.1) is 0 Å². The van der Waals surface area contributed by atoms with Crippen molar-refractivity contribution < 1.29 is 17.9 Å². The highest BCUT2D eigenvalue weighted by atomic mass is 19.4. The smallest absolute Gasteiger partial charge is 0.377 e. The van der Waals surface area contributed by atoms with Crippen molar-refractivity contribution in [3.63, 3.8) is 0 Å². The number of nitrogen functional groups attached to an aromatic ring is 1. The molecule has 4 heterocycles. The van der Waals surface area contributed by atoms with Crippen LogP contribution in [0.15, 0.2) is 12.3 Å². The largest absolute Gasteiger partial charge is 0.434 e. The Hall–Kier alpha value is -2.69. The number of rotatable bonds is 3. The van der Waals surface area contributed by atoms with Crippen molar-refractivity contribution in [3.8, 4) is 11.3 Å². The summed E-state index contributed by atoms with van der Waals surface area (Å²) < 4.78 is 46.1. The Balaban J connectivity index is 1.84. The number of morpholine rings is 1.